The maximum Gasteiger partial charge on any atom is 0.174 e. The van der Waals surface area contributed by atoms with Gasteiger partial charge in [0.2, 0.25) is 0 Å². The third kappa shape index (κ3) is 1.83. The molecule has 4 nitrogen and oxygen atoms in total. The highest BCUT2D eigenvalue weighted by atomic mass is 35.5. The number of hydrogen-bond donors (Lipinski definition) is 0. The zero-order valence-electron chi connectivity index (χ0n) is 7.93. The van der Waals surface area contributed by atoms with E-state index in [4.69, 9.17) is 11.6 Å². The van der Waals surface area contributed by atoms with Crippen LogP contribution in [0.4, 0.5) is 4.39 Å². The summed E-state index contributed by atoms with van der Waals surface area (Å²) in [6.45, 7) is 1.73. The van der Waals surface area contributed by atoms with E-state index in [0.29, 0.717) is 11.5 Å². The van der Waals surface area contributed by atoms with E-state index in [0.717, 1.165) is 0 Å². The van der Waals surface area contributed by atoms with Crippen molar-refractivity contribution in [3.05, 3.63) is 35.9 Å². The van der Waals surface area contributed by atoms with E-state index in [1.165, 1.54) is 10.7 Å². The van der Waals surface area contributed by atoms with Crippen LogP contribution in [-0.4, -0.2) is 20.2 Å². The van der Waals surface area contributed by atoms with Crippen LogP contribution in [0.15, 0.2) is 24.3 Å². The average Bonchev–Trinajstić information content (AvgIpc) is 2.67. The Balaban J connectivity index is 2.55. The summed E-state index contributed by atoms with van der Waals surface area (Å²) in [6, 6.07) is 6.25. The molecule has 1 heterocycles. The first-order valence-corrected chi connectivity index (χ1v) is 4.81. The van der Waals surface area contributed by atoms with E-state index in [1.807, 2.05) is 0 Å². The Morgan fingerprint density at radius 1 is 1.40 bits per heavy atom. The summed E-state index contributed by atoms with van der Waals surface area (Å²) >= 11 is 5.87. The fourth-order valence-electron chi connectivity index (χ4n) is 1.24. The second kappa shape index (κ2) is 3.94. The van der Waals surface area contributed by atoms with Crippen molar-refractivity contribution >= 4 is 11.6 Å². The summed E-state index contributed by atoms with van der Waals surface area (Å²) in [5.74, 6) is 0.0325. The minimum absolute atomic E-state index is 0.296. The van der Waals surface area contributed by atoms with Crippen molar-refractivity contribution in [2.24, 2.45) is 0 Å². The second-order valence-electron chi connectivity index (χ2n) is 3.02. The van der Waals surface area contributed by atoms with Crippen molar-refractivity contribution in [3.63, 3.8) is 0 Å². The molecule has 0 aliphatic carbocycles. The fourth-order valence-corrected chi connectivity index (χ4v) is 1.37. The van der Waals surface area contributed by atoms with Gasteiger partial charge in [0.05, 0.1) is 5.38 Å². The minimum Gasteiger partial charge on any atom is -0.205 e. The molecule has 2 aromatic rings. The average molecular weight is 227 g/mol. The van der Waals surface area contributed by atoms with Crippen LogP contribution in [-0.2, 0) is 0 Å². The predicted molar refractivity (Wildman–Crippen MR) is 53.4 cm³/mol. The first-order valence-electron chi connectivity index (χ1n) is 4.37. The molecule has 0 saturated heterocycles. The molecule has 0 N–H and O–H groups in total. The summed E-state index contributed by atoms with van der Waals surface area (Å²) in [5.41, 5.74) is 0.296. The summed E-state index contributed by atoms with van der Waals surface area (Å²) in [7, 11) is 0. The van der Waals surface area contributed by atoms with E-state index in [-0.39, 0.29) is 11.2 Å². The van der Waals surface area contributed by atoms with Crippen molar-refractivity contribution in [1.82, 2.24) is 20.2 Å². The van der Waals surface area contributed by atoms with Crippen molar-refractivity contribution < 1.29 is 4.39 Å². The molecule has 0 fully saturated rings. The summed E-state index contributed by atoms with van der Waals surface area (Å²) in [4.78, 5) is 0. The monoisotopic (exact) mass is 226 g/mol. The topological polar surface area (TPSA) is 43.6 Å². The van der Waals surface area contributed by atoms with Crippen LogP contribution in [0.3, 0.4) is 0 Å². The molecule has 1 aromatic heterocycles. The molecule has 1 atom stereocenters. The van der Waals surface area contributed by atoms with Crippen molar-refractivity contribution in [3.8, 4) is 5.69 Å². The second-order valence-corrected chi connectivity index (χ2v) is 3.67. The Morgan fingerprint density at radius 2 is 2.13 bits per heavy atom. The lowest BCUT2D eigenvalue weighted by Crippen LogP contribution is -2.05. The van der Waals surface area contributed by atoms with Gasteiger partial charge in [-0.1, -0.05) is 12.1 Å². The van der Waals surface area contributed by atoms with Gasteiger partial charge in [-0.05, 0) is 29.5 Å². The maximum absolute atomic E-state index is 13.4. The molecule has 78 valence electrons. The summed E-state index contributed by atoms with van der Waals surface area (Å²) in [6.07, 6.45) is 0. The summed E-state index contributed by atoms with van der Waals surface area (Å²) < 4.78 is 14.7. The molecule has 0 aliphatic heterocycles. The smallest absolute Gasteiger partial charge is 0.174 e. The van der Waals surface area contributed by atoms with Gasteiger partial charge in [0.15, 0.2) is 5.82 Å². The first-order chi connectivity index (χ1) is 7.20. The SMILES string of the molecule is CC(Cl)c1nnnn1-c1ccccc1F. The predicted octanol–water partition coefficient (Wildman–Crippen LogP) is 2.10. The number of aromatic nitrogens is 4. The molecule has 2 rings (SSSR count). The van der Waals surface area contributed by atoms with Crippen molar-refractivity contribution in [2.45, 2.75) is 12.3 Å². The highest BCUT2D eigenvalue weighted by Crippen LogP contribution is 2.20. The van der Waals surface area contributed by atoms with Gasteiger partial charge in [-0.2, -0.15) is 4.68 Å². The number of halogens is 2. The Morgan fingerprint density at radius 3 is 2.80 bits per heavy atom. The maximum atomic E-state index is 13.4. The number of rotatable bonds is 2. The van der Waals surface area contributed by atoms with Gasteiger partial charge in [-0.25, -0.2) is 4.39 Å². The Labute approximate surface area is 90.7 Å². The largest absolute Gasteiger partial charge is 0.205 e. The normalized spacial score (nSPS) is 12.7. The molecule has 15 heavy (non-hydrogen) atoms. The zero-order valence-corrected chi connectivity index (χ0v) is 8.69. The van der Waals surface area contributed by atoms with Crippen LogP contribution in [0.5, 0.6) is 0 Å². The van der Waals surface area contributed by atoms with Gasteiger partial charge in [0.25, 0.3) is 0 Å². The molecule has 1 unspecified atom stereocenters. The van der Waals surface area contributed by atoms with E-state index < -0.39 is 0 Å². The van der Waals surface area contributed by atoms with Crippen LogP contribution < -0.4 is 0 Å². The van der Waals surface area contributed by atoms with Crippen LogP contribution in [0.25, 0.3) is 5.69 Å². The molecule has 0 aliphatic rings. The van der Waals surface area contributed by atoms with Gasteiger partial charge in [-0.3, -0.25) is 0 Å². The third-order valence-electron chi connectivity index (χ3n) is 1.93. The molecular formula is C9H8ClFN4. The van der Waals surface area contributed by atoms with Gasteiger partial charge in [0.1, 0.15) is 11.5 Å². The number of nitrogens with zero attached hydrogens (tertiary/aromatic N) is 4. The number of hydrogen-bond acceptors (Lipinski definition) is 3. The van der Waals surface area contributed by atoms with Crippen molar-refractivity contribution in [1.29, 1.82) is 0 Å². The van der Waals surface area contributed by atoms with Crippen LogP contribution >= 0.6 is 11.6 Å². The summed E-state index contributed by atoms with van der Waals surface area (Å²) in [5, 5.41) is 10.5. The fraction of sp³-hybridized carbons (Fsp3) is 0.222. The molecule has 0 spiro atoms. The lowest BCUT2D eigenvalue weighted by Gasteiger charge is -2.05. The van der Waals surface area contributed by atoms with E-state index >= 15 is 0 Å². The van der Waals surface area contributed by atoms with Crippen LogP contribution in [0.2, 0.25) is 0 Å². The number of tetrazole rings is 1. The molecule has 1 aromatic carbocycles. The number of benzene rings is 1. The third-order valence-corrected chi connectivity index (χ3v) is 2.13. The highest BCUT2D eigenvalue weighted by Gasteiger charge is 2.15. The zero-order chi connectivity index (χ0) is 10.8. The van der Waals surface area contributed by atoms with Gasteiger partial charge < -0.3 is 0 Å². The molecule has 0 bridgehead atoms. The number of alkyl halides is 1. The molecule has 6 heteroatoms. The quantitative estimate of drug-likeness (QED) is 0.737. The Kier molecular flexibility index (Phi) is 2.64. The Hall–Kier alpha value is -1.49. The molecule has 0 amide bonds. The van der Waals surface area contributed by atoms with Gasteiger partial charge >= 0.3 is 0 Å². The number of para-hydroxylation sites is 1. The molecular weight excluding hydrogens is 219 g/mol. The minimum atomic E-state index is -0.386. The standard InChI is InChI=1S/C9H8ClFN4/c1-6(10)9-12-13-14-15(9)8-5-3-2-4-7(8)11/h2-6H,1H3. The first kappa shape index (κ1) is 10.0. The van der Waals surface area contributed by atoms with Gasteiger partial charge in [0, 0.05) is 0 Å². The lowest BCUT2D eigenvalue weighted by molar-refractivity contribution is 0.602. The van der Waals surface area contributed by atoms with E-state index in [2.05, 4.69) is 15.5 Å². The van der Waals surface area contributed by atoms with Crippen molar-refractivity contribution in [2.75, 3.05) is 0 Å². The van der Waals surface area contributed by atoms with E-state index in [9.17, 15) is 4.39 Å². The van der Waals surface area contributed by atoms with E-state index in [1.54, 1.807) is 25.1 Å². The van der Waals surface area contributed by atoms with Gasteiger partial charge in [-0.15, -0.1) is 16.7 Å². The lowest BCUT2D eigenvalue weighted by atomic mass is 10.3. The van der Waals surface area contributed by atoms with Crippen LogP contribution in [0, 0.1) is 5.82 Å². The molecule has 0 radical (unpaired) electrons. The highest BCUT2D eigenvalue weighted by molar-refractivity contribution is 6.20. The molecule has 0 saturated carbocycles. The Bertz CT molecular complexity index is 469. The van der Waals surface area contributed by atoms with Crippen LogP contribution in [0.1, 0.15) is 18.1 Å².